The molecule has 0 spiro atoms. The molecule has 0 aromatic heterocycles. The fourth-order valence-corrected chi connectivity index (χ4v) is 6.50. The third kappa shape index (κ3) is 3.46. The third-order valence-electron chi connectivity index (χ3n) is 8.44. The molecule has 5 aromatic rings. The van der Waals surface area contributed by atoms with E-state index in [1.807, 2.05) is 42.5 Å². The number of nitriles is 2. The SMILES string of the molecule is CC1(C)c2cc(C#N)ccc2-c2c1c1c(c3cc(C#N)ccc23)OC(c2ccc(F)cc2)(c2ccc(F)cc2)C=C1. The number of ether oxygens (including phenoxy) is 1. The quantitative estimate of drug-likeness (QED) is 0.227. The Bertz CT molecular complexity index is 1980. The van der Waals surface area contributed by atoms with E-state index in [4.69, 9.17) is 4.74 Å². The molecular weight excluding hydrogens is 514 g/mol. The summed E-state index contributed by atoms with van der Waals surface area (Å²) in [7, 11) is 0. The molecule has 41 heavy (non-hydrogen) atoms. The molecule has 0 fully saturated rings. The van der Waals surface area contributed by atoms with Gasteiger partial charge in [0.25, 0.3) is 0 Å². The molecule has 2 aliphatic rings. The molecule has 0 amide bonds. The summed E-state index contributed by atoms with van der Waals surface area (Å²) in [5.74, 6) is -0.156. The predicted octanol–water partition coefficient (Wildman–Crippen LogP) is 8.52. The minimum atomic E-state index is -1.18. The van der Waals surface area contributed by atoms with Gasteiger partial charge in [0.15, 0.2) is 5.60 Å². The molecule has 3 nitrogen and oxygen atoms in total. The fourth-order valence-electron chi connectivity index (χ4n) is 6.50. The number of hydrogen-bond acceptors (Lipinski definition) is 3. The van der Waals surface area contributed by atoms with Crippen molar-refractivity contribution < 1.29 is 13.5 Å². The second-order valence-corrected chi connectivity index (χ2v) is 11.0. The standard InChI is InChI=1S/C36H22F2N2O/c1-35(2)31-18-22(20-40)4-14-28(31)32-27-13-3-21(19-39)17-30(27)34-29(33(32)35)15-16-36(41-34,23-5-9-25(37)10-6-23)24-7-11-26(38)12-8-24/h3-18H,1-2H3. The summed E-state index contributed by atoms with van der Waals surface area (Å²) in [4.78, 5) is 0. The van der Waals surface area contributed by atoms with E-state index in [9.17, 15) is 19.3 Å². The first-order chi connectivity index (χ1) is 19.8. The number of halogens is 2. The number of nitrogens with zero attached hydrogens (tertiary/aromatic N) is 2. The van der Waals surface area contributed by atoms with Crippen LogP contribution in [0.3, 0.4) is 0 Å². The molecular formula is C36H22F2N2O. The Kier molecular flexibility index (Phi) is 5.20. The van der Waals surface area contributed by atoms with Crippen LogP contribution in [-0.4, -0.2) is 0 Å². The van der Waals surface area contributed by atoms with Gasteiger partial charge >= 0.3 is 0 Å². The Morgan fingerprint density at radius 1 is 0.707 bits per heavy atom. The van der Waals surface area contributed by atoms with Gasteiger partial charge in [0, 0.05) is 27.5 Å². The van der Waals surface area contributed by atoms with Crippen LogP contribution in [0.5, 0.6) is 5.75 Å². The highest BCUT2D eigenvalue weighted by molar-refractivity contribution is 6.09. The normalized spacial score (nSPS) is 15.3. The average molecular weight is 537 g/mol. The Labute approximate surface area is 236 Å². The molecule has 196 valence electrons. The zero-order valence-corrected chi connectivity index (χ0v) is 22.3. The molecule has 1 aliphatic heterocycles. The van der Waals surface area contributed by atoms with E-state index in [1.165, 1.54) is 24.3 Å². The molecule has 0 unspecified atom stereocenters. The highest BCUT2D eigenvalue weighted by Gasteiger charge is 2.44. The first-order valence-corrected chi connectivity index (χ1v) is 13.3. The van der Waals surface area contributed by atoms with Crippen LogP contribution < -0.4 is 4.74 Å². The fraction of sp³-hybridized carbons (Fsp3) is 0.111. The van der Waals surface area contributed by atoms with Crippen LogP contribution >= 0.6 is 0 Å². The average Bonchev–Trinajstić information content (AvgIpc) is 3.23. The lowest BCUT2D eigenvalue weighted by Gasteiger charge is -2.38. The highest BCUT2D eigenvalue weighted by atomic mass is 19.1. The van der Waals surface area contributed by atoms with Crippen molar-refractivity contribution in [3.8, 4) is 29.0 Å². The van der Waals surface area contributed by atoms with Crippen molar-refractivity contribution in [2.75, 3.05) is 0 Å². The first kappa shape index (κ1) is 24.8. The molecule has 0 atom stereocenters. The Morgan fingerprint density at radius 2 is 1.29 bits per heavy atom. The monoisotopic (exact) mass is 536 g/mol. The van der Waals surface area contributed by atoms with Gasteiger partial charge in [0.1, 0.15) is 17.4 Å². The number of hydrogen-bond donors (Lipinski definition) is 0. The maximum absolute atomic E-state index is 14.0. The largest absolute Gasteiger partial charge is 0.472 e. The molecule has 5 heteroatoms. The zero-order chi connectivity index (χ0) is 28.5. The highest BCUT2D eigenvalue weighted by Crippen LogP contribution is 2.58. The van der Waals surface area contributed by atoms with Crippen LogP contribution in [0, 0.1) is 34.3 Å². The molecule has 0 saturated heterocycles. The molecule has 7 rings (SSSR count). The van der Waals surface area contributed by atoms with E-state index in [-0.39, 0.29) is 11.6 Å². The van der Waals surface area contributed by atoms with E-state index >= 15 is 0 Å². The van der Waals surface area contributed by atoms with Crippen LogP contribution in [0.1, 0.15) is 52.8 Å². The maximum Gasteiger partial charge on any atom is 0.178 e. The summed E-state index contributed by atoms with van der Waals surface area (Å²) in [6, 6.07) is 28.1. The lowest BCUT2D eigenvalue weighted by Crippen LogP contribution is -2.35. The van der Waals surface area contributed by atoms with Gasteiger partial charge in [-0.3, -0.25) is 0 Å². The number of rotatable bonds is 2. The molecule has 0 bridgehead atoms. The van der Waals surface area contributed by atoms with Crippen molar-refractivity contribution in [1.82, 2.24) is 0 Å². The summed E-state index contributed by atoms with van der Waals surface area (Å²) < 4.78 is 35.1. The lowest BCUT2D eigenvalue weighted by molar-refractivity contribution is 0.163. The van der Waals surface area contributed by atoms with E-state index in [0.29, 0.717) is 28.0 Å². The smallest absolute Gasteiger partial charge is 0.178 e. The molecule has 0 radical (unpaired) electrons. The van der Waals surface area contributed by atoms with Crippen LogP contribution in [0.15, 0.2) is 91.0 Å². The van der Waals surface area contributed by atoms with Crippen molar-refractivity contribution in [3.05, 3.63) is 142 Å². The molecule has 1 heterocycles. The van der Waals surface area contributed by atoms with Crippen molar-refractivity contribution in [2.24, 2.45) is 0 Å². The number of fused-ring (bicyclic) bond motifs is 8. The summed E-state index contributed by atoms with van der Waals surface area (Å²) in [5.41, 5.74) is 5.90. The van der Waals surface area contributed by atoms with Crippen molar-refractivity contribution in [3.63, 3.8) is 0 Å². The van der Waals surface area contributed by atoms with Crippen molar-refractivity contribution in [1.29, 1.82) is 10.5 Å². The minimum absolute atomic E-state index is 0.374. The van der Waals surface area contributed by atoms with Gasteiger partial charge in [0.2, 0.25) is 0 Å². The van der Waals surface area contributed by atoms with E-state index in [0.717, 1.165) is 38.6 Å². The molecule has 0 N–H and O–H groups in total. The summed E-state index contributed by atoms with van der Waals surface area (Å²) in [5, 5.41) is 21.1. The van der Waals surface area contributed by atoms with Crippen LogP contribution in [0.2, 0.25) is 0 Å². The van der Waals surface area contributed by atoms with Crippen LogP contribution in [-0.2, 0) is 11.0 Å². The Balaban J connectivity index is 1.58. The van der Waals surface area contributed by atoms with Gasteiger partial charge in [-0.15, -0.1) is 0 Å². The van der Waals surface area contributed by atoms with Gasteiger partial charge < -0.3 is 4.74 Å². The Morgan fingerprint density at radius 3 is 1.90 bits per heavy atom. The first-order valence-electron chi connectivity index (χ1n) is 13.3. The predicted molar refractivity (Wildman–Crippen MR) is 154 cm³/mol. The zero-order valence-electron chi connectivity index (χ0n) is 22.3. The molecule has 0 saturated carbocycles. The van der Waals surface area contributed by atoms with E-state index < -0.39 is 11.0 Å². The third-order valence-corrected chi connectivity index (χ3v) is 8.44. The summed E-state index contributed by atoms with van der Waals surface area (Å²) in [6.45, 7) is 4.29. The number of benzene rings is 5. The van der Waals surface area contributed by atoms with Crippen molar-refractivity contribution in [2.45, 2.75) is 24.9 Å². The second-order valence-electron chi connectivity index (χ2n) is 11.0. The van der Waals surface area contributed by atoms with Gasteiger partial charge in [-0.05, 0) is 82.2 Å². The molecule has 1 aliphatic carbocycles. The summed E-state index contributed by atoms with van der Waals surface area (Å²) in [6.07, 6.45) is 3.97. The van der Waals surface area contributed by atoms with Gasteiger partial charge in [0.05, 0.1) is 23.3 Å². The van der Waals surface area contributed by atoms with Crippen LogP contribution in [0.4, 0.5) is 8.78 Å². The minimum Gasteiger partial charge on any atom is -0.472 e. The molecule has 5 aromatic carbocycles. The van der Waals surface area contributed by atoms with Crippen molar-refractivity contribution >= 4 is 16.8 Å². The summed E-state index contributed by atoms with van der Waals surface area (Å²) >= 11 is 0. The second kappa shape index (κ2) is 8.62. The lowest BCUT2D eigenvalue weighted by atomic mass is 9.76. The van der Waals surface area contributed by atoms with E-state index in [1.54, 1.807) is 30.3 Å². The van der Waals surface area contributed by atoms with Gasteiger partial charge in [-0.1, -0.05) is 56.3 Å². The van der Waals surface area contributed by atoms with Gasteiger partial charge in [-0.2, -0.15) is 10.5 Å². The van der Waals surface area contributed by atoms with Gasteiger partial charge in [-0.25, -0.2) is 8.78 Å². The maximum atomic E-state index is 14.0. The van der Waals surface area contributed by atoms with E-state index in [2.05, 4.69) is 26.0 Å². The van der Waals surface area contributed by atoms with Crippen LogP contribution in [0.25, 0.3) is 28.0 Å². The Hall–Kier alpha value is -5.26. The topological polar surface area (TPSA) is 56.8 Å².